The molecule has 1 saturated heterocycles. The van der Waals surface area contributed by atoms with Gasteiger partial charge in [-0.1, -0.05) is 13.3 Å². The Morgan fingerprint density at radius 3 is 2.76 bits per heavy atom. The molecule has 114 valence electrons. The van der Waals surface area contributed by atoms with Gasteiger partial charge in [0.25, 0.3) is 0 Å². The molecule has 0 saturated carbocycles. The van der Waals surface area contributed by atoms with Crippen LogP contribution in [0.25, 0.3) is 0 Å². The van der Waals surface area contributed by atoms with Gasteiger partial charge in [-0.2, -0.15) is 0 Å². The van der Waals surface area contributed by atoms with Gasteiger partial charge in [0.05, 0.1) is 16.7 Å². The molecule has 21 heavy (non-hydrogen) atoms. The van der Waals surface area contributed by atoms with Gasteiger partial charge >= 0.3 is 5.97 Å². The molecular weight excluding hydrogens is 275 g/mol. The van der Waals surface area contributed by atoms with Crippen LogP contribution in [-0.4, -0.2) is 30.1 Å². The molecule has 0 radical (unpaired) electrons. The zero-order valence-corrected chi connectivity index (χ0v) is 11.9. The Labute approximate surface area is 122 Å². The Bertz CT molecular complexity index is 554. The van der Waals surface area contributed by atoms with Crippen molar-refractivity contribution in [2.24, 2.45) is 5.41 Å². The third-order valence-corrected chi connectivity index (χ3v) is 3.92. The van der Waals surface area contributed by atoms with Crippen LogP contribution >= 0.6 is 0 Å². The second-order valence-corrected chi connectivity index (χ2v) is 5.41. The minimum Gasteiger partial charge on any atom is -0.478 e. The van der Waals surface area contributed by atoms with Crippen LogP contribution in [0.5, 0.6) is 0 Å². The van der Waals surface area contributed by atoms with Crippen molar-refractivity contribution in [2.45, 2.75) is 26.2 Å². The van der Waals surface area contributed by atoms with Gasteiger partial charge in [0.1, 0.15) is 5.82 Å². The molecule has 5 nitrogen and oxygen atoms in total. The molecule has 6 heteroatoms. The van der Waals surface area contributed by atoms with Crippen LogP contribution in [0.1, 0.15) is 36.5 Å². The molecule has 0 aromatic heterocycles. The smallest absolute Gasteiger partial charge is 0.335 e. The average molecular weight is 294 g/mol. The summed E-state index contributed by atoms with van der Waals surface area (Å²) >= 11 is 0. The Kier molecular flexibility index (Phi) is 4.57. The summed E-state index contributed by atoms with van der Waals surface area (Å²) in [6.45, 7) is 3.37. The number of carbonyl (C=O) groups is 2. The van der Waals surface area contributed by atoms with Crippen LogP contribution in [-0.2, 0) is 4.79 Å². The maximum absolute atomic E-state index is 13.9. The zero-order chi connectivity index (χ0) is 15.5. The highest BCUT2D eigenvalue weighted by Gasteiger charge is 2.40. The largest absolute Gasteiger partial charge is 0.478 e. The summed E-state index contributed by atoms with van der Waals surface area (Å²) in [7, 11) is 0. The molecule has 1 aliphatic rings. The lowest BCUT2D eigenvalue weighted by atomic mass is 9.81. The molecule has 0 bridgehead atoms. The van der Waals surface area contributed by atoms with Crippen molar-refractivity contribution in [2.75, 3.05) is 18.4 Å². The Balaban J connectivity index is 2.17. The van der Waals surface area contributed by atoms with E-state index in [0.29, 0.717) is 6.54 Å². The average Bonchev–Trinajstić information content (AvgIpc) is 2.91. The molecule has 2 rings (SSSR count). The number of carbonyl (C=O) groups excluding carboxylic acids is 1. The fraction of sp³-hybridized carbons (Fsp3) is 0.467. The molecule has 1 atom stereocenters. The summed E-state index contributed by atoms with van der Waals surface area (Å²) in [6.07, 6.45) is 2.33. The van der Waals surface area contributed by atoms with Gasteiger partial charge in [-0.15, -0.1) is 0 Å². The second kappa shape index (κ2) is 6.22. The van der Waals surface area contributed by atoms with Crippen molar-refractivity contribution >= 4 is 17.6 Å². The van der Waals surface area contributed by atoms with Gasteiger partial charge in [-0.05, 0) is 37.6 Å². The summed E-state index contributed by atoms with van der Waals surface area (Å²) in [4.78, 5) is 23.2. The SMILES string of the molecule is CCCC1(C(=O)Nc2ccc(C(=O)O)cc2F)CCNC1. The minimum atomic E-state index is -1.20. The fourth-order valence-electron chi connectivity index (χ4n) is 2.75. The van der Waals surface area contributed by atoms with E-state index in [1.807, 2.05) is 6.92 Å². The summed E-state index contributed by atoms with van der Waals surface area (Å²) < 4.78 is 13.9. The first kappa shape index (κ1) is 15.4. The second-order valence-electron chi connectivity index (χ2n) is 5.41. The van der Waals surface area contributed by atoms with Gasteiger partial charge < -0.3 is 15.7 Å². The van der Waals surface area contributed by atoms with Crippen molar-refractivity contribution in [3.63, 3.8) is 0 Å². The fourth-order valence-corrected chi connectivity index (χ4v) is 2.75. The van der Waals surface area contributed by atoms with Crippen molar-refractivity contribution in [1.29, 1.82) is 0 Å². The third kappa shape index (κ3) is 3.21. The van der Waals surface area contributed by atoms with Gasteiger partial charge in [-0.25, -0.2) is 9.18 Å². The zero-order valence-electron chi connectivity index (χ0n) is 11.9. The molecule has 1 unspecified atom stereocenters. The molecule has 3 N–H and O–H groups in total. The molecule has 1 fully saturated rings. The molecule has 1 heterocycles. The number of carboxylic acids is 1. The molecule has 1 aromatic carbocycles. The van der Waals surface area contributed by atoms with Gasteiger partial charge in [-0.3, -0.25) is 4.79 Å². The molecule has 0 spiro atoms. The monoisotopic (exact) mass is 294 g/mol. The molecular formula is C15H19FN2O3. The van der Waals surface area contributed by atoms with Crippen molar-refractivity contribution in [3.8, 4) is 0 Å². The van der Waals surface area contributed by atoms with E-state index < -0.39 is 17.2 Å². The van der Waals surface area contributed by atoms with Crippen LogP contribution in [0.15, 0.2) is 18.2 Å². The number of anilines is 1. The van der Waals surface area contributed by atoms with E-state index in [9.17, 15) is 14.0 Å². The van der Waals surface area contributed by atoms with E-state index >= 15 is 0 Å². The number of aromatic carboxylic acids is 1. The lowest BCUT2D eigenvalue weighted by Gasteiger charge is -2.26. The third-order valence-electron chi connectivity index (χ3n) is 3.92. The first-order valence-electron chi connectivity index (χ1n) is 7.03. The predicted octanol–water partition coefficient (Wildman–Crippen LogP) is 2.24. The van der Waals surface area contributed by atoms with Crippen LogP contribution in [0.2, 0.25) is 0 Å². The summed E-state index contributed by atoms with van der Waals surface area (Å²) in [6, 6.07) is 3.48. The van der Waals surface area contributed by atoms with E-state index in [1.54, 1.807) is 0 Å². The molecule has 1 aliphatic heterocycles. The highest BCUT2D eigenvalue weighted by Crippen LogP contribution is 2.33. The van der Waals surface area contributed by atoms with Crippen LogP contribution in [0, 0.1) is 11.2 Å². The van der Waals surface area contributed by atoms with Crippen molar-refractivity contribution < 1.29 is 19.1 Å². The predicted molar refractivity (Wildman–Crippen MR) is 76.8 cm³/mol. The highest BCUT2D eigenvalue weighted by molar-refractivity contribution is 5.96. The normalized spacial score (nSPS) is 21.2. The molecule has 0 aliphatic carbocycles. The first-order chi connectivity index (χ1) is 9.98. The van der Waals surface area contributed by atoms with Crippen molar-refractivity contribution in [3.05, 3.63) is 29.6 Å². The number of benzene rings is 1. The highest BCUT2D eigenvalue weighted by atomic mass is 19.1. The van der Waals surface area contributed by atoms with Gasteiger partial charge in [0, 0.05) is 6.54 Å². The molecule has 1 amide bonds. The Hall–Kier alpha value is -1.95. The van der Waals surface area contributed by atoms with Gasteiger partial charge in [0.15, 0.2) is 0 Å². The number of rotatable bonds is 5. The van der Waals surface area contributed by atoms with Crippen LogP contribution in [0.4, 0.5) is 10.1 Å². The van der Waals surface area contributed by atoms with Crippen molar-refractivity contribution in [1.82, 2.24) is 5.32 Å². The van der Waals surface area contributed by atoms with E-state index in [-0.39, 0.29) is 17.2 Å². The lowest BCUT2D eigenvalue weighted by molar-refractivity contribution is -0.125. The van der Waals surface area contributed by atoms with E-state index in [4.69, 9.17) is 5.11 Å². The number of amides is 1. The molecule has 1 aromatic rings. The quantitative estimate of drug-likeness (QED) is 0.778. The first-order valence-corrected chi connectivity index (χ1v) is 7.03. The number of carboxylic acid groups (broad SMARTS) is 1. The standard InChI is InChI=1S/C15H19FN2O3/c1-2-5-15(6-7-17-9-15)14(21)18-12-4-3-10(13(19)20)8-11(12)16/h3-4,8,17H,2,5-7,9H2,1H3,(H,18,21)(H,19,20). The van der Waals surface area contributed by atoms with E-state index in [1.165, 1.54) is 12.1 Å². The topological polar surface area (TPSA) is 78.4 Å². The Morgan fingerprint density at radius 1 is 1.48 bits per heavy atom. The number of nitrogens with one attached hydrogen (secondary N) is 2. The minimum absolute atomic E-state index is 0.0207. The van der Waals surface area contributed by atoms with Crippen LogP contribution < -0.4 is 10.6 Å². The van der Waals surface area contributed by atoms with E-state index in [2.05, 4.69) is 10.6 Å². The number of halogens is 1. The maximum atomic E-state index is 13.9. The number of hydrogen-bond donors (Lipinski definition) is 3. The summed E-state index contributed by atoms with van der Waals surface area (Å²) in [5.41, 5.74) is -0.629. The summed E-state index contributed by atoms with van der Waals surface area (Å²) in [5, 5.41) is 14.6. The Morgan fingerprint density at radius 2 is 2.24 bits per heavy atom. The number of hydrogen-bond acceptors (Lipinski definition) is 3. The van der Waals surface area contributed by atoms with Gasteiger partial charge in [0.2, 0.25) is 5.91 Å². The summed E-state index contributed by atoms with van der Waals surface area (Å²) in [5.74, 6) is -2.15. The maximum Gasteiger partial charge on any atom is 0.335 e. The van der Waals surface area contributed by atoms with E-state index in [0.717, 1.165) is 31.9 Å². The van der Waals surface area contributed by atoms with Crippen LogP contribution in [0.3, 0.4) is 0 Å². The lowest BCUT2D eigenvalue weighted by Crippen LogP contribution is -2.38.